The molecule has 1 aromatic carbocycles. The minimum atomic E-state index is -5.56. The summed E-state index contributed by atoms with van der Waals surface area (Å²) in [5.74, 6) is -0.274. The Labute approximate surface area is 167 Å². The number of carbonyl (C=O) groups is 1. The van der Waals surface area contributed by atoms with Gasteiger partial charge < -0.3 is 9.74 Å². The summed E-state index contributed by atoms with van der Waals surface area (Å²) in [6, 6.07) is 5.64. The fourth-order valence-corrected chi connectivity index (χ4v) is 3.27. The van der Waals surface area contributed by atoms with E-state index in [1.165, 1.54) is 23.1 Å². The SMILES string of the molecule is CC(C)CO/N=C1/C(=O)N(Cc2ccccc2NS(=O)(=O)C(F)(F)F)CCC1C. The van der Waals surface area contributed by atoms with Gasteiger partial charge in [-0.15, -0.1) is 0 Å². The number of hydrogen-bond acceptors (Lipinski definition) is 5. The van der Waals surface area contributed by atoms with Gasteiger partial charge in [-0.2, -0.15) is 21.6 Å². The van der Waals surface area contributed by atoms with Crippen molar-refractivity contribution in [1.29, 1.82) is 0 Å². The lowest BCUT2D eigenvalue weighted by atomic mass is 9.95. The van der Waals surface area contributed by atoms with Gasteiger partial charge in [-0.05, 0) is 24.0 Å². The first kappa shape index (κ1) is 23.0. The van der Waals surface area contributed by atoms with Crippen molar-refractivity contribution in [3.63, 3.8) is 0 Å². The number of oxime groups is 1. The summed E-state index contributed by atoms with van der Waals surface area (Å²) in [6.45, 7) is 6.38. The Kier molecular flexibility index (Phi) is 7.15. The summed E-state index contributed by atoms with van der Waals surface area (Å²) in [4.78, 5) is 19.4. The molecule has 2 rings (SSSR count). The molecule has 0 aromatic heterocycles. The van der Waals surface area contributed by atoms with E-state index < -0.39 is 15.5 Å². The number of likely N-dealkylation sites (tertiary alicyclic amines) is 1. The van der Waals surface area contributed by atoms with E-state index in [-0.39, 0.29) is 41.3 Å². The van der Waals surface area contributed by atoms with Crippen LogP contribution >= 0.6 is 0 Å². The summed E-state index contributed by atoms with van der Waals surface area (Å²) in [5.41, 5.74) is -5.19. The molecule has 1 atom stereocenters. The Morgan fingerprint density at radius 2 is 1.97 bits per heavy atom. The Morgan fingerprint density at radius 1 is 1.31 bits per heavy atom. The van der Waals surface area contributed by atoms with Crippen LogP contribution in [0.15, 0.2) is 29.4 Å². The lowest BCUT2D eigenvalue weighted by molar-refractivity contribution is -0.126. The van der Waals surface area contributed by atoms with Crippen molar-refractivity contribution in [2.24, 2.45) is 17.0 Å². The summed E-state index contributed by atoms with van der Waals surface area (Å²) >= 11 is 0. The maximum atomic E-state index is 12.8. The van der Waals surface area contributed by atoms with E-state index in [0.29, 0.717) is 19.6 Å². The molecule has 0 bridgehead atoms. The quantitative estimate of drug-likeness (QED) is 0.666. The van der Waals surface area contributed by atoms with E-state index >= 15 is 0 Å². The monoisotopic (exact) mass is 435 g/mol. The Balaban J connectivity index is 2.21. The van der Waals surface area contributed by atoms with Crippen LogP contribution in [0.4, 0.5) is 18.9 Å². The number of piperidine rings is 1. The molecule has 162 valence electrons. The van der Waals surface area contributed by atoms with Crippen molar-refractivity contribution >= 4 is 27.3 Å². The molecular weight excluding hydrogens is 411 g/mol. The van der Waals surface area contributed by atoms with Crippen molar-refractivity contribution in [2.45, 2.75) is 39.2 Å². The molecule has 1 aliphatic heterocycles. The Hall–Kier alpha value is -2.30. The second-order valence-electron chi connectivity index (χ2n) is 7.29. The van der Waals surface area contributed by atoms with Crippen molar-refractivity contribution in [3.8, 4) is 0 Å². The van der Waals surface area contributed by atoms with Gasteiger partial charge in [0.2, 0.25) is 0 Å². The number of hydrogen-bond donors (Lipinski definition) is 1. The molecule has 1 amide bonds. The highest BCUT2D eigenvalue weighted by Gasteiger charge is 2.46. The molecule has 11 heteroatoms. The predicted molar refractivity (Wildman–Crippen MR) is 102 cm³/mol. The maximum Gasteiger partial charge on any atom is 0.516 e. The lowest BCUT2D eigenvalue weighted by Crippen LogP contribution is -2.45. The largest absolute Gasteiger partial charge is 0.516 e. The summed E-state index contributed by atoms with van der Waals surface area (Å²) in [6.07, 6.45) is 0.603. The summed E-state index contributed by atoms with van der Waals surface area (Å²) < 4.78 is 62.5. The molecule has 0 spiro atoms. The zero-order valence-corrected chi connectivity index (χ0v) is 17.2. The molecular formula is C18H24F3N3O4S. The molecule has 1 aromatic rings. The summed E-state index contributed by atoms with van der Waals surface area (Å²) in [5, 5.41) is 3.96. The topological polar surface area (TPSA) is 88.1 Å². The average Bonchev–Trinajstić information content (AvgIpc) is 2.60. The molecule has 1 heterocycles. The normalized spacial score (nSPS) is 19.7. The number of amides is 1. The zero-order valence-electron chi connectivity index (χ0n) is 16.4. The van der Waals surface area contributed by atoms with Gasteiger partial charge in [0.25, 0.3) is 5.91 Å². The smallest absolute Gasteiger partial charge is 0.395 e. The molecule has 29 heavy (non-hydrogen) atoms. The van der Waals surface area contributed by atoms with Gasteiger partial charge in [-0.3, -0.25) is 9.52 Å². The van der Waals surface area contributed by atoms with Gasteiger partial charge in [-0.1, -0.05) is 44.1 Å². The standard InChI is InChI=1S/C18H24F3N3O4S/c1-12(2)11-28-22-16-13(3)8-9-24(17(16)25)10-14-6-4-5-7-15(14)23-29(26,27)18(19,20)21/h4-7,12-13,23H,8-11H2,1-3H3/b22-16+. The molecule has 1 saturated heterocycles. The average molecular weight is 435 g/mol. The molecule has 1 unspecified atom stereocenters. The number of anilines is 1. The third-order valence-electron chi connectivity index (χ3n) is 4.30. The van der Waals surface area contributed by atoms with E-state index in [2.05, 4.69) is 5.16 Å². The van der Waals surface area contributed by atoms with Crippen LogP contribution in [-0.2, 0) is 26.2 Å². The molecule has 1 aliphatic rings. The third kappa shape index (κ3) is 5.84. The van der Waals surface area contributed by atoms with Gasteiger partial charge in [0.05, 0.1) is 5.69 Å². The minimum Gasteiger partial charge on any atom is -0.395 e. The van der Waals surface area contributed by atoms with Crippen LogP contribution in [0, 0.1) is 11.8 Å². The number of nitrogens with zero attached hydrogens (tertiary/aromatic N) is 2. The van der Waals surface area contributed by atoms with Crippen molar-refractivity contribution in [1.82, 2.24) is 4.90 Å². The van der Waals surface area contributed by atoms with Crippen LogP contribution in [0.25, 0.3) is 0 Å². The number of para-hydroxylation sites is 1. The first-order valence-corrected chi connectivity index (χ1v) is 10.6. The molecule has 0 saturated carbocycles. The number of halogens is 3. The van der Waals surface area contributed by atoms with Gasteiger partial charge in [0.15, 0.2) is 0 Å². The zero-order chi connectivity index (χ0) is 21.8. The van der Waals surface area contributed by atoms with Crippen LogP contribution in [0.3, 0.4) is 0 Å². The van der Waals surface area contributed by atoms with Crippen molar-refractivity contribution in [2.75, 3.05) is 17.9 Å². The molecule has 1 fully saturated rings. The molecule has 1 N–H and O–H groups in total. The van der Waals surface area contributed by atoms with E-state index in [9.17, 15) is 26.4 Å². The highest BCUT2D eigenvalue weighted by Crippen LogP contribution is 2.28. The molecule has 7 nitrogen and oxygen atoms in total. The highest BCUT2D eigenvalue weighted by molar-refractivity contribution is 7.93. The Bertz CT molecular complexity index is 869. The van der Waals surface area contributed by atoms with E-state index in [0.717, 1.165) is 0 Å². The fourth-order valence-electron chi connectivity index (χ4n) is 2.66. The first-order chi connectivity index (χ1) is 13.4. The molecule has 0 radical (unpaired) electrons. The summed E-state index contributed by atoms with van der Waals surface area (Å²) in [7, 11) is -5.56. The van der Waals surface area contributed by atoms with Gasteiger partial charge >= 0.3 is 15.5 Å². The number of alkyl halides is 3. The number of benzene rings is 1. The fraction of sp³-hybridized carbons (Fsp3) is 0.556. The van der Waals surface area contributed by atoms with E-state index in [1.54, 1.807) is 10.8 Å². The van der Waals surface area contributed by atoms with Gasteiger partial charge in [-0.25, -0.2) is 0 Å². The van der Waals surface area contributed by atoms with Crippen molar-refractivity contribution in [3.05, 3.63) is 29.8 Å². The third-order valence-corrected chi connectivity index (χ3v) is 5.40. The number of rotatable bonds is 7. The van der Waals surface area contributed by atoms with Gasteiger partial charge in [0, 0.05) is 19.0 Å². The highest BCUT2D eigenvalue weighted by atomic mass is 32.2. The molecule has 0 aliphatic carbocycles. The number of nitrogens with one attached hydrogen (secondary N) is 1. The van der Waals surface area contributed by atoms with Crippen LogP contribution < -0.4 is 4.72 Å². The minimum absolute atomic E-state index is 0.0642. The van der Waals surface area contributed by atoms with Gasteiger partial charge in [0.1, 0.15) is 12.3 Å². The van der Waals surface area contributed by atoms with Crippen molar-refractivity contribution < 1.29 is 31.2 Å². The Morgan fingerprint density at radius 3 is 2.59 bits per heavy atom. The van der Waals surface area contributed by atoms with Crippen LogP contribution in [0.5, 0.6) is 0 Å². The second-order valence-corrected chi connectivity index (χ2v) is 8.96. The number of carbonyl (C=O) groups excluding carboxylic acids is 1. The second kappa shape index (κ2) is 9.02. The van der Waals surface area contributed by atoms with E-state index in [1.807, 2.05) is 20.8 Å². The lowest BCUT2D eigenvalue weighted by Gasteiger charge is -2.31. The number of sulfonamides is 1. The van der Waals surface area contributed by atoms with E-state index in [4.69, 9.17) is 4.84 Å². The maximum absolute atomic E-state index is 12.8. The van der Waals surface area contributed by atoms with Crippen LogP contribution in [0.2, 0.25) is 0 Å². The van der Waals surface area contributed by atoms with Crippen LogP contribution in [0.1, 0.15) is 32.8 Å². The first-order valence-electron chi connectivity index (χ1n) is 9.08. The predicted octanol–water partition coefficient (Wildman–Crippen LogP) is 3.35. The van der Waals surface area contributed by atoms with Crippen LogP contribution in [-0.4, -0.2) is 43.6 Å².